The van der Waals surface area contributed by atoms with Crippen LogP contribution in [0.1, 0.15) is 44.9 Å². The molecule has 0 bridgehead atoms. The van der Waals surface area contributed by atoms with E-state index in [-0.39, 0.29) is 24.5 Å². The third-order valence-corrected chi connectivity index (χ3v) is 5.22. The highest BCUT2D eigenvalue weighted by molar-refractivity contribution is 6.04. The van der Waals surface area contributed by atoms with E-state index >= 15 is 0 Å². The molecule has 2 aromatic rings. The van der Waals surface area contributed by atoms with E-state index in [1.165, 1.54) is 0 Å². The van der Waals surface area contributed by atoms with E-state index in [1.807, 2.05) is 51.1 Å². The minimum atomic E-state index is -0.686. The SMILES string of the molecule is CCOC(=O)C1=C(c2ccccc2)N(CC)C(=O)NC1c1ccc(NC(=O)C(C)C)cc1. The van der Waals surface area contributed by atoms with Gasteiger partial charge in [0.15, 0.2) is 0 Å². The number of rotatable bonds is 7. The molecule has 0 radical (unpaired) electrons. The number of benzene rings is 2. The van der Waals surface area contributed by atoms with Gasteiger partial charge in [0.05, 0.1) is 23.9 Å². The summed E-state index contributed by atoms with van der Waals surface area (Å²) in [6.07, 6.45) is 0. The van der Waals surface area contributed by atoms with Gasteiger partial charge in [0.25, 0.3) is 0 Å². The molecule has 0 spiro atoms. The van der Waals surface area contributed by atoms with Crippen LogP contribution in [-0.2, 0) is 14.3 Å². The molecule has 3 amide bonds. The third-order valence-electron chi connectivity index (χ3n) is 5.22. The van der Waals surface area contributed by atoms with Gasteiger partial charge < -0.3 is 15.4 Å². The van der Waals surface area contributed by atoms with Crippen molar-refractivity contribution in [1.29, 1.82) is 0 Å². The Kier molecular flexibility index (Phi) is 7.30. The van der Waals surface area contributed by atoms with Crippen LogP contribution in [0.4, 0.5) is 10.5 Å². The van der Waals surface area contributed by atoms with Crippen LogP contribution in [-0.4, -0.2) is 36.0 Å². The molecule has 0 saturated heterocycles. The molecule has 7 nitrogen and oxygen atoms in total. The minimum absolute atomic E-state index is 0.0826. The molecule has 1 aliphatic heterocycles. The Morgan fingerprint density at radius 3 is 2.28 bits per heavy atom. The smallest absolute Gasteiger partial charge is 0.338 e. The maximum absolute atomic E-state index is 13.1. The van der Waals surface area contributed by atoms with E-state index in [0.29, 0.717) is 29.1 Å². The van der Waals surface area contributed by atoms with Crippen molar-refractivity contribution in [1.82, 2.24) is 10.2 Å². The van der Waals surface area contributed by atoms with Crippen molar-refractivity contribution < 1.29 is 19.1 Å². The molecule has 1 aliphatic rings. The number of nitrogens with one attached hydrogen (secondary N) is 2. The lowest BCUT2D eigenvalue weighted by Crippen LogP contribution is -2.47. The van der Waals surface area contributed by atoms with Crippen LogP contribution in [0.15, 0.2) is 60.2 Å². The van der Waals surface area contributed by atoms with E-state index in [9.17, 15) is 14.4 Å². The number of amides is 3. The predicted molar refractivity (Wildman–Crippen MR) is 124 cm³/mol. The summed E-state index contributed by atoms with van der Waals surface area (Å²) in [5.41, 5.74) is 3.04. The molecule has 0 aliphatic carbocycles. The van der Waals surface area contributed by atoms with Crippen molar-refractivity contribution in [3.8, 4) is 0 Å². The fraction of sp³-hybridized carbons (Fsp3) is 0.320. The first kappa shape index (κ1) is 23.1. The molecule has 0 saturated carbocycles. The molecule has 1 atom stereocenters. The van der Waals surface area contributed by atoms with E-state index in [2.05, 4.69) is 10.6 Å². The Balaban J connectivity index is 2.10. The Bertz CT molecular complexity index is 1010. The van der Waals surface area contributed by atoms with Crippen molar-refractivity contribution in [3.05, 3.63) is 71.3 Å². The predicted octanol–water partition coefficient (Wildman–Crippen LogP) is 4.34. The van der Waals surface area contributed by atoms with E-state index in [1.54, 1.807) is 36.1 Å². The average Bonchev–Trinajstić information content (AvgIpc) is 2.79. The summed E-state index contributed by atoms with van der Waals surface area (Å²) in [5.74, 6) is -0.702. The van der Waals surface area contributed by atoms with Crippen molar-refractivity contribution in [2.24, 2.45) is 5.92 Å². The highest BCUT2D eigenvalue weighted by atomic mass is 16.5. The van der Waals surface area contributed by atoms with Gasteiger partial charge >= 0.3 is 12.0 Å². The van der Waals surface area contributed by atoms with Crippen molar-refractivity contribution in [2.75, 3.05) is 18.5 Å². The van der Waals surface area contributed by atoms with E-state index in [0.717, 1.165) is 5.56 Å². The molecule has 0 fully saturated rings. The summed E-state index contributed by atoms with van der Waals surface area (Å²) < 4.78 is 5.38. The number of carbonyl (C=O) groups is 3. The summed E-state index contributed by atoms with van der Waals surface area (Å²) in [6, 6.07) is 15.5. The number of ether oxygens (including phenoxy) is 1. The first-order valence-corrected chi connectivity index (χ1v) is 10.8. The standard InChI is InChI=1S/C25H29N3O4/c1-5-28-22(18-10-8-7-9-11-18)20(24(30)32-6-2)21(27-25(28)31)17-12-14-19(15-13-17)26-23(29)16(3)4/h7-16,21H,5-6H2,1-4H3,(H,26,29)(H,27,31). The Morgan fingerprint density at radius 2 is 1.72 bits per heavy atom. The lowest BCUT2D eigenvalue weighted by atomic mass is 9.91. The normalized spacial score (nSPS) is 16.1. The summed E-state index contributed by atoms with van der Waals surface area (Å²) in [7, 11) is 0. The number of hydrogen-bond acceptors (Lipinski definition) is 4. The number of esters is 1. The largest absolute Gasteiger partial charge is 0.463 e. The first-order chi connectivity index (χ1) is 15.4. The van der Waals surface area contributed by atoms with Gasteiger partial charge in [-0.2, -0.15) is 0 Å². The maximum Gasteiger partial charge on any atom is 0.338 e. The van der Waals surface area contributed by atoms with E-state index in [4.69, 9.17) is 4.74 Å². The molecule has 2 aromatic carbocycles. The van der Waals surface area contributed by atoms with Crippen LogP contribution in [0, 0.1) is 5.92 Å². The molecule has 32 heavy (non-hydrogen) atoms. The van der Waals surface area contributed by atoms with Gasteiger partial charge in [0.1, 0.15) is 0 Å². The number of hydrogen-bond donors (Lipinski definition) is 2. The molecule has 2 N–H and O–H groups in total. The monoisotopic (exact) mass is 435 g/mol. The molecular formula is C25H29N3O4. The second-order valence-electron chi connectivity index (χ2n) is 7.74. The Labute approximate surface area is 188 Å². The molecular weight excluding hydrogens is 406 g/mol. The van der Waals surface area contributed by atoms with Gasteiger partial charge in [-0.25, -0.2) is 9.59 Å². The van der Waals surface area contributed by atoms with Crippen molar-refractivity contribution in [2.45, 2.75) is 33.7 Å². The van der Waals surface area contributed by atoms with Crippen molar-refractivity contribution >= 4 is 29.3 Å². The molecule has 0 aromatic heterocycles. The molecule has 3 rings (SSSR count). The maximum atomic E-state index is 13.1. The first-order valence-electron chi connectivity index (χ1n) is 10.8. The summed E-state index contributed by atoms with van der Waals surface area (Å²) in [4.78, 5) is 39.6. The van der Waals surface area contributed by atoms with Crippen LogP contribution < -0.4 is 10.6 Å². The number of carbonyl (C=O) groups excluding carboxylic acids is 3. The minimum Gasteiger partial charge on any atom is -0.463 e. The lowest BCUT2D eigenvalue weighted by Gasteiger charge is -2.36. The topological polar surface area (TPSA) is 87.7 Å². The van der Waals surface area contributed by atoms with Crippen molar-refractivity contribution in [3.63, 3.8) is 0 Å². The van der Waals surface area contributed by atoms with Crippen LogP contribution >= 0.6 is 0 Å². The van der Waals surface area contributed by atoms with Gasteiger partial charge in [0, 0.05) is 18.2 Å². The quantitative estimate of drug-likeness (QED) is 0.633. The summed E-state index contributed by atoms with van der Waals surface area (Å²) in [5, 5.41) is 5.79. The number of urea groups is 1. The number of anilines is 1. The zero-order chi connectivity index (χ0) is 23.3. The molecule has 1 unspecified atom stereocenters. The highest BCUT2D eigenvalue weighted by Gasteiger charge is 2.38. The second kappa shape index (κ2) is 10.1. The number of nitrogens with zero attached hydrogens (tertiary/aromatic N) is 1. The van der Waals surface area contributed by atoms with Gasteiger partial charge in [-0.05, 0) is 37.1 Å². The van der Waals surface area contributed by atoms with Gasteiger partial charge in [-0.3, -0.25) is 9.69 Å². The van der Waals surface area contributed by atoms with Crippen LogP contribution in [0.3, 0.4) is 0 Å². The van der Waals surface area contributed by atoms with Gasteiger partial charge in [0.2, 0.25) is 5.91 Å². The summed E-state index contributed by atoms with van der Waals surface area (Å²) >= 11 is 0. The van der Waals surface area contributed by atoms with Gasteiger partial charge in [-0.15, -0.1) is 0 Å². The van der Waals surface area contributed by atoms with Crippen LogP contribution in [0.25, 0.3) is 5.70 Å². The molecule has 168 valence electrons. The Morgan fingerprint density at radius 1 is 1.06 bits per heavy atom. The fourth-order valence-corrected chi connectivity index (χ4v) is 3.59. The molecule has 7 heteroatoms. The van der Waals surface area contributed by atoms with E-state index < -0.39 is 12.0 Å². The lowest BCUT2D eigenvalue weighted by molar-refractivity contribution is -0.139. The van der Waals surface area contributed by atoms with Gasteiger partial charge in [-0.1, -0.05) is 56.3 Å². The second-order valence-corrected chi connectivity index (χ2v) is 7.74. The van der Waals surface area contributed by atoms with Crippen LogP contribution in [0.5, 0.6) is 0 Å². The Hall–Kier alpha value is -3.61. The third kappa shape index (κ3) is 4.82. The highest BCUT2D eigenvalue weighted by Crippen LogP contribution is 2.36. The molecule has 1 heterocycles. The zero-order valence-electron chi connectivity index (χ0n) is 18.8. The zero-order valence-corrected chi connectivity index (χ0v) is 18.8. The van der Waals surface area contributed by atoms with Crippen LogP contribution in [0.2, 0.25) is 0 Å². The average molecular weight is 436 g/mol. The summed E-state index contributed by atoms with van der Waals surface area (Å²) in [6.45, 7) is 7.87. The fourth-order valence-electron chi connectivity index (χ4n) is 3.59.